The number of carbonyl (C=O) groups excluding carboxylic acids is 1. The van der Waals surface area contributed by atoms with Crippen LogP contribution in [0.3, 0.4) is 0 Å². The van der Waals surface area contributed by atoms with Crippen LogP contribution in [0.25, 0.3) is 0 Å². The summed E-state index contributed by atoms with van der Waals surface area (Å²) >= 11 is 0. The molecule has 1 fully saturated rings. The van der Waals surface area contributed by atoms with E-state index >= 15 is 0 Å². The highest BCUT2D eigenvalue weighted by Gasteiger charge is 2.28. The molecule has 16 heavy (non-hydrogen) atoms. The van der Waals surface area contributed by atoms with Gasteiger partial charge in [0.05, 0.1) is 5.25 Å². The number of nitrogens with one attached hydrogen (secondary N) is 1. The summed E-state index contributed by atoms with van der Waals surface area (Å²) in [5, 5.41) is -0.601. The van der Waals surface area contributed by atoms with Crippen LogP contribution in [-0.2, 0) is 14.8 Å². The quantitative estimate of drug-likeness (QED) is 0.659. The van der Waals surface area contributed by atoms with Crippen molar-refractivity contribution in [3.8, 4) is 0 Å². The first kappa shape index (κ1) is 13.4. The monoisotopic (exact) mass is 249 g/mol. The maximum atomic E-state index is 11.7. The molecule has 94 valence electrons. The Hall–Kier alpha value is -0.660. The summed E-state index contributed by atoms with van der Waals surface area (Å²) in [6, 6.07) is -0.193. The van der Waals surface area contributed by atoms with Gasteiger partial charge in [0, 0.05) is 32.6 Å². The van der Waals surface area contributed by atoms with E-state index in [0.29, 0.717) is 19.4 Å². The topological polar surface area (TPSA) is 92.5 Å². The van der Waals surface area contributed by atoms with Gasteiger partial charge in [0.2, 0.25) is 15.9 Å². The fraction of sp³-hybridized carbons (Fsp3) is 0.889. The smallest absolute Gasteiger partial charge is 0.222 e. The maximum Gasteiger partial charge on any atom is 0.222 e. The lowest BCUT2D eigenvalue weighted by Crippen LogP contribution is -2.50. The molecule has 1 aliphatic rings. The predicted octanol–water partition coefficient (Wildman–Crippen LogP) is -1.13. The largest absolute Gasteiger partial charge is 0.344 e. The number of likely N-dealkylation sites (N-methyl/N-ethyl adjacent to an activating group) is 1. The van der Waals surface area contributed by atoms with Crippen LogP contribution in [0, 0.1) is 0 Å². The van der Waals surface area contributed by atoms with Crippen LogP contribution < -0.4 is 10.5 Å². The number of likely N-dealkylation sites (tertiary alicyclic amines) is 1. The summed E-state index contributed by atoms with van der Waals surface area (Å²) in [6.45, 7) is 2.09. The van der Waals surface area contributed by atoms with Crippen LogP contribution in [0.1, 0.15) is 19.8 Å². The minimum absolute atomic E-state index is 0.0577. The summed E-state index contributed by atoms with van der Waals surface area (Å²) in [7, 11) is -1.69. The zero-order valence-electron chi connectivity index (χ0n) is 9.64. The lowest BCUT2D eigenvalue weighted by atomic mass is 10.1. The van der Waals surface area contributed by atoms with Gasteiger partial charge < -0.3 is 10.6 Å². The van der Waals surface area contributed by atoms with Crippen LogP contribution in [0.5, 0.6) is 0 Å². The number of piperidine rings is 1. The van der Waals surface area contributed by atoms with Crippen LogP contribution >= 0.6 is 0 Å². The molecule has 1 heterocycles. The average Bonchev–Trinajstić information content (AvgIpc) is 2.22. The van der Waals surface area contributed by atoms with E-state index in [-0.39, 0.29) is 18.5 Å². The van der Waals surface area contributed by atoms with E-state index in [9.17, 15) is 13.2 Å². The minimum atomic E-state index is -3.36. The Bertz CT molecular complexity index is 355. The molecular formula is C9H19N3O3S. The number of hydrogen-bond acceptors (Lipinski definition) is 4. The number of carbonyl (C=O) groups is 1. The van der Waals surface area contributed by atoms with E-state index in [0.717, 1.165) is 0 Å². The molecule has 2 atom stereocenters. The molecule has 0 radical (unpaired) electrons. The molecule has 0 bridgehead atoms. The molecule has 1 amide bonds. The van der Waals surface area contributed by atoms with Crippen molar-refractivity contribution >= 4 is 15.9 Å². The van der Waals surface area contributed by atoms with E-state index in [1.807, 2.05) is 0 Å². The standard InChI is InChI=1S/C9H19N3O3S/c1-7(5-10)16(14,15)11-8-3-4-9(13)12(2)6-8/h7-8,11H,3-6,10H2,1-2H3. The van der Waals surface area contributed by atoms with Crippen molar-refractivity contribution in [3.05, 3.63) is 0 Å². The summed E-state index contributed by atoms with van der Waals surface area (Å²) in [5.74, 6) is 0.0577. The Balaban J connectivity index is 2.59. The Morgan fingerprint density at radius 1 is 1.62 bits per heavy atom. The molecule has 0 aromatic rings. The molecule has 3 N–H and O–H groups in total. The SMILES string of the molecule is CC(CN)S(=O)(=O)NC1CCC(=O)N(C)C1. The molecule has 7 heteroatoms. The number of sulfonamides is 1. The van der Waals surface area contributed by atoms with Gasteiger partial charge in [0.15, 0.2) is 0 Å². The summed E-state index contributed by atoms with van der Waals surface area (Å²) < 4.78 is 26.0. The predicted molar refractivity (Wildman–Crippen MR) is 61.2 cm³/mol. The first-order chi connectivity index (χ1) is 7.36. The number of rotatable bonds is 4. The number of hydrogen-bond donors (Lipinski definition) is 2. The van der Waals surface area contributed by atoms with Crippen molar-refractivity contribution in [2.75, 3.05) is 20.1 Å². The fourth-order valence-corrected chi connectivity index (χ4v) is 2.73. The van der Waals surface area contributed by atoms with Gasteiger partial charge in [-0.15, -0.1) is 0 Å². The first-order valence-corrected chi connectivity index (χ1v) is 6.86. The second kappa shape index (κ2) is 5.11. The molecular weight excluding hydrogens is 230 g/mol. The van der Waals surface area contributed by atoms with Crippen molar-refractivity contribution in [2.45, 2.75) is 31.1 Å². The zero-order chi connectivity index (χ0) is 12.3. The molecule has 0 saturated carbocycles. The third kappa shape index (κ3) is 3.16. The van der Waals surface area contributed by atoms with Crippen molar-refractivity contribution < 1.29 is 13.2 Å². The van der Waals surface area contributed by atoms with E-state index in [4.69, 9.17) is 5.73 Å². The molecule has 0 aromatic heterocycles. The van der Waals surface area contributed by atoms with Gasteiger partial charge in [0.25, 0.3) is 0 Å². The number of nitrogens with two attached hydrogens (primary N) is 1. The van der Waals surface area contributed by atoms with Gasteiger partial charge in [0.1, 0.15) is 0 Å². The van der Waals surface area contributed by atoms with Crippen LogP contribution in [0.2, 0.25) is 0 Å². The highest BCUT2D eigenvalue weighted by Crippen LogP contribution is 2.11. The van der Waals surface area contributed by atoms with Crippen molar-refractivity contribution in [2.24, 2.45) is 5.73 Å². The average molecular weight is 249 g/mol. The second-order valence-electron chi connectivity index (χ2n) is 4.22. The summed E-state index contributed by atoms with van der Waals surface area (Å²) in [6.07, 6.45) is 0.945. The van der Waals surface area contributed by atoms with Gasteiger partial charge in [-0.3, -0.25) is 4.79 Å². The normalized spacial score (nSPS) is 24.6. The first-order valence-electron chi connectivity index (χ1n) is 5.32. The van der Waals surface area contributed by atoms with Gasteiger partial charge in [-0.1, -0.05) is 0 Å². The molecule has 1 aliphatic heterocycles. The van der Waals surface area contributed by atoms with Crippen LogP contribution in [0.15, 0.2) is 0 Å². The van der Waals surface area contributed by atoms with E-state index in [1.54, 1.807) is 18.9 Å². The molecule has 1 rings (SSSR count). The maximum absolute atomic E-state index is 11.7. The fourth-order valence-electron chi connectivity index (χ4n) is 1.58. The van der Waals surface area contributed by atoms with Gasteiger partial charge in [-0.2, -0.15) is 0 Å². The Labute approximate surface area is 96.2 Å². The molecule has 1 saturated heterocycles. The molecule has 6 nitrogen and oxygen atoms in total. The van der Waals surface area contributed by atoms with Crippen molar-refractivity contribution in [1.82, 2.24) is 9.62 Å². The highest BCUT2D eigenvalue weighted by molar-refractivity contribution is 7.90. The second-order valence-corrected chi connectivity index (χ2v) is 6.35. The highest BCUT2D eigenvalue weighted by atomic mass is 32.2. The van der Waals surface area contributed by atoms with E-state index in [2.05, 4.69) is 4.72 Å². The molecule has 0 aliphatic carbocycles. The zero-order valence-corrected chi connectivity index (χ0v) is 10.5. The van der Waals surface area contributed by atoms with E-state index in [1.165, 1.54) is 0 Å². The lowest BCUT2D eigenvalue weighted by Gasteiger charge is -2.30. The number of amides is 1. The van der Waals surface area contributed by atoms with Crippen LogP contribution in [0.4, 0.5) is 0 Å². The van der Waals surface area contributed by atoms with Gasteiger partial charge >= 0.3 is 0 Å². The van der Waals surface area contributed by atoms with Crippen molar-refractivity contribution in [1.29, 1.82) is 0 Å². The van der Waals surface area contributed by atoms with Crippen molar-refractivity contribution in [3.63, 3.8) is 0 Å². The minimum Gasteiger partial charge on any atom is -0.344 e. The third-order valence-corrected chi connectivity index (χ3v) is 4.73. The summed E-state index contributed by atoms with van der Waals surface area (Å²) in [4.78, 5) is 12.8. The molecule has 0 spiro atoms. The van der Waals surface area contributed by atoms with Gasteiger partial charge in [-0.25, -0.2) is 13.1 Å². The molecule has 0 aromatic carbocycles. The van der Waals surface area contributed by atoms with E-state index < -0.39 is 15.3 Å². The Morgan fingerprint density at radius 3 is 2.75 bits per heavy atom. The number of nitrogens with zero attached hydrogens (tertiary/aromatic N) is 1. The Morgan fingerprint density at radius 2 is 2.25 bits per heavy atom. The van der Waals surface area contributed by atoms with Gasteiger partial charge in [-0.05, 0) is 13.3 Å². The van der Waals surface area contributed by atoms with Crippen LogP contribution in [-0.4, -0.2) is 50.7 Å². The summed E-state index contributed by atoms with van der Waals surface area (Å²) in [5.41, 5.74) is 5.33. The third-order valence-electron chi connectivity index (χ3n) is 2.82. The lowest BCUT2D eigenvalue weighted by molar-refractivity contribution is -0.132. The Kier molecular flexibility index (Phi) is 4.28. The molecule has 2 unspecified atom stereocenters.